The molecule has 19 heavy (non-hydrogen) atoms. The van der Waals surface area contributed by atoms with E-state index >= 15 is 0 Å². The second kappa shape index (κ2) is 6.39. The number of aryl methyl sites for hydroxylation is 1. The van der Waals surface area contributed by atoms with Crippen LogP contribution in [0.3, 0.4) is 0 Å². The Bertz CT molecular complexity index is 519. The van der Waals surface area contributed by atoms with Gasteiger partial charge in [0, 0.05) is 6.04 Å². The van der Waals surface area contributed by atoms with Crippen molar-refractivity contribution >= 4 is 0 Å². The Morgan fingerprint density at radius 3 is 2.37 bits per heavy atom. The van der Waals surface area contributed by atoms with E-state index in [-0.39, 0.29) is 0 Å². The molecule has 2 rings (SSSR count). The monoisotopic (exact) mass is 255 g/mol. The van der Waals surface area contributed by atoms with E-state index in [0.29, 0.717) is 11.8 Å². The minimum Gasteiger partial charge on any atom is -0.508 e. The highest BCUT2D eigenvalue weighted by atomic mass is 16.3. The molecule has 2 heteroatoms. The summed E-state index contributed by atoms with van der Waals surface area (Å²) in [6.07, 6.45) is 0.930. The van der Waals surface area contributed by atoms with Crippen molar-refractivity contribution in [3.05, 3.63) is 65.2 Å². The molecular weight excluding hydrogens is 234 g/mol. The molecule has 0 heterocycles. The number of nitrogens with one attached hydrogen (secondary N) is 1. The summed E-state index contributed by atoms with van der Waals surface area (Å²) in [5, 5.41) is 12.9. The molecule has 0 aliphatic heterocycles. The Morgan fingerprint density at radius 1 is 1.05 bits per heavy atom. The van der Waals surface area contributed by atoms with Gasteiger partial charge < -0.3 is 10.4 Å². The molecule has 0 bridgehead atoms. The van der Waals surface area contributed by atoms with Crippen LogP contribution in [0.15, 0.2) is 48.5 Å². The maximum Gasteiger partial charge on any atom is 0.115 e. The highest BCUT2D eigenvalue weighted by Gasteiger charge is 2.12. The first-order valence-corrected chi connectivity index (χ1v) is 6.77. The van der Waals surface area contributed by atoms with Crippen LogP contribution in [-0.2, 0) is 6.42 Å². The number of hydrogen-bond acceptors (Lipinski definition) is 2. The Labute approximate surface area is 115 Å². The van der Waals surface area contributed by atoms with Crippen molar-refractivity contribution in [2.45, 2.75) is 26.3 Å². The minimum atomic E-state index is 0.316. The minimum absolute atomic E-state index is 0.316. The van der Waals surface area contributed by atoms with E-state index in [2.05, 4.69) is 43.4 Å². The van der Waals surface area contributed by atoms with Crippen LogP contribution in [0.1, 0.15) is 29.7 Å². The van der Waals surface area contributed by atoms with Crippen molar-refractivity contribution in [1.29, 1.82) is 0 Å². The predicted molar refractivity (Wildman–Crippen MR) is 79.4 cm³/mol. The maximum atomic E-state index is 9.34. The van der Waals surface area contributed by atoms with E-state index in [1.807, 2.05) is 12.1 Å². The SMILES string of the molecule is CCNC(Cc1ccc(O)cc1)c1ccccc1C. The lowest BCUT2D eigenvalue weighted by atomic mass is 9.95. The first-order chi connectivity index (χ1) is 9.20. The van der Waals surface area contributed by atoms with Gasteiger partial charge in [0.15, 0.2) is 0 Å². The van der Waals surface area contributed by atoms with E-state index in [1.165, 1.54) is 16.7 Å². The fraction of sp³-hybridized carbons (Fsp3) is 0.294. The summed E-state index contributed by atoms with van der Waals surface area (Å²) in [5.74, 6) is 0.319. The van der Waals surface area contributed by atoms with Gasteiger partial charge in [-0.25, -0.2) is 0 Å². The zero-order valence-electron chi connectivity index (χ0n) is 11.6. The Balaban J connectivity index is 2.21. The number of likely N-dealkylation sites (N-methyl/N-ethyl adjacent to an activating group) is 1. The van der Waals surface area contributed by atoms with Crippen molar-refractivity contribution in [3.8, 4) is 5.75 Å². The molecule has 2 nitrogen and oxygen atoms in total. The van der Waals surface area contributed by atoms with E-state index in [9.17, 15) is 5.11 Å². The van der Waals surface area contributed by atoms with Crippen LogP contribution in [0.5, 0.6) is 5.75 Å². The van der Waals surface area contributed by atoms with Crippen molar-refractivity contribution in [3.63, 3.8) is 0 Å². The summed E-state index contributed by atoms with van der Waals surface area (Å²) in [5.41, 5.74) is 3.89. The highest BCUT2D eigenvalue weighted by Crippen LogP contribution is 2.22. The van der Waals surface area contributed by atoms with E-state index in [0.717, 1.165) is 13.0 Å². The average molecular weight is 255 g/mol. The van der Waals surface area contributed by atoms with Crippen molar-refractivity contribution < 1.29 is 5.11 Å². The number of aromatic hydroxyl groups is 1. The van der Waals surface area contributed by atoms with Crippen LogP contribution >= 0.6 is 0 Å². The Kier molecular flexibility index (Phi) is 4.58. The predicted octanol–water partition coefficient (Wildman–Crippen LogP) is 3.59. The highest BCUT2D eigenvalue weighted by molar-refractivity contribution is 5.32. The van der Waals surface area contributed by atoms with Gasteiger partial charge in [-0.1, -0.05) is 43.3 Å². The summed E-state index contributed by atoms with van der Waals surface area (Å²) in [6, 6.07) is 16.3. The van der Waals surface area contributed by atoms with Gasteiger partial charge in [0.1, 0.15) is 5.75 Å². The molecule has 0 aliphatic carbocycles. The quantitative estimate of drug-likeness (QED) is 0.855. The maximum absolute atomic E-state index is 9.34. The van der Waals surface area contributed by atoms with Gasteiger partial charge in [-0.3, -0.25) is 0 Å². The van der Waals surface area contributed by atoms with Gasteiger partial charge in [-0.05, 0) is 48.7 Å². The molecule has 2 N–H and O–H groups in total. The standard InChI is InChI=1S/C17H21NO/c1-3-18-17(16-7-5-4-6-13(16)2)12-14-8-10-15(19)11-9-14/h4-11,17-19H,3,12H2,1-2H3. The van der Waals surface area contributed by atoms with Gasteiger partial charge in [-0.15, -0.1) is 0 Å². The third-order valence-electron chi connectivity index (χ3n) is 3.39. The second-order valence-corrected chi connectivity index (χ2v) is 4.84. The molecule has 2 aromatic carbocycles. The first-order valence-electron chi connectivity index (χ1n) is 6.77. The van der Waals surface area contributed by atoms with Crippen LogP contribution in [0, 0.1) is 6.92 Å². The van der Waals surface area contributed by atoms with Crippen LogP contribution in [0.25, 0.3) is 0 Å². The molecule has 0 radical (unpaired) electrons. The molecule has 2 aromatic rings. The molecule has 0 saturated heterocycles. The summed E-state index contributed by atoms with van der Waals surface area (Å²) in [7, 11) is 0. The molecule has 100 valence electrons. The summed E-state index contributed by atoms with van der Waals surface area (Å²) < 4.78 is 0. The number of rotatable bonds is 5. The van der Waals surface area contributed by atoms with Crippen molar-refractivity contribution in [2.75, 3.05) is 6.54 Å². The largest absolute Gasteiger partial charge is 0.508 e. The molecule has 0 saturated carbocycles. The van der Waals surface area contributed by atoms with Crippen molar-refractivity contribution in [1.82, 2.24) is 5.32 Å². The smallest absolute Gasteiger partial charge is 0.115 e. The number of phenols is 1. The summed E-state index contributed by atoms with van der Waals surface area (Å²) in [4.78, 5) is 0. The molecule has 1 unspecified atom stereocenters. The molecular formula is C17H21NO. The topological polar surface area (TPSA) is 32.3 Å². The van der Waals surface area contributed by atoms with Gasteiger partial charge in [0.2, 0.25) is 0 Å². The second-order valence-electron chi connectivity index (χ2n) is 4.84. The molecule has 0 spiro atoms. The summed E-state index contributed by atoms with van der Waals surface area (Å²) >= 11 is 0. The normalized spacial score (nSPS) is 12.3. The number of hydrogen-bond donors (Lipinski definition) is 2. The first kappa shape index (κ1) is 13.6. The number of benzene rings is 2. The van der Waals surface area contributed by atoms with Crippen LogP contribution in [0.4, 0.5) is 0 Å². The van der Waals surface area contributed by atoms with E-state index < -0.39 is 0 Å². The molecule has 0 fully saturated rings. The van der Waals surface area contributed by atoms with Gasteiger partial charge in [0.05, 0.1) is 0 Å². The summed E-state index contributed by atoms with van der Waals surface area (Å²) in [6.45, 7) is 5.22. The van der Waals surface area contributed by atoms with Gasteiger partial charge in [0.25, 0.3) is 0 Å². The van der Waals surface area contributed by atoms with Gasteiger partial charge >= 0.3 is 0 Å². The Morgan fingerprint density at radius 2 is 1.74 bits per heavy atom. The third kappa shape index (κ3) is 3.58. The Hall–Kier alpha value is -1.80. The zero-order chi connectivity index (χ0) is 13.7. The third-order valence-corrected chi connectivity index (χ3v) is 3.39. The van der Waals surface area contributed by atoms with Crippen LogP contribution in [-0.4, -0.2) is 11.7 Å². The number of phenolic OH excluding ortho intramolecular Hbond substituents is 1. The molecule has 0 aliphatic rings. The average Bonchev–Trinajstić information content (AvgIpc) is 2.41. The molecule has 0 aromatic heterocycles. The van der Waals surface area contributed by atoms with Crippen molar-refractivity contribution in [2.24, 2.45) is 0 Å². The lowest BCUT2D eigenvalue weighted by Crippen LogP contribution is -2.23. The van der Waals surface area contributed by atoms with Gasteiger partial charge in [-0.2, -0.15) is 0 Å². The fourth-order valence-corrected chi connectivity index (χ4v) is 2.38. The lowest BCUT2D eigenvalue weighted by molar-refractivity contribution is 0.474. The zero-order valence-corrected chi connectivity index (χ0v) is 11.6. The van der Waals surface area contributed by atoms with E-state index in [4.69, 9.17) is 0 Å². The molecule has 1 atom stereocenters. The fourth-order valence-electron chi connectivity index (χ4n) is 2.38. The van der Waals surface area contributed by atoms with E-state index in [1.54, 1.807) is 12.1 Å². The van der Waals surface area contributed by atoms with Crippen LogP contribution < -0.4 is 5.32 Å². The lowest BCUT2D eigenvalue weighted by Gasteiger charge is -2.20. The molecule has 0 amide bonds. The van der Waals surface area contributed by atoms with Crippen LogP contribution in [0.2, 0.25) is 0 Å².